The number of carboxylic acids is 1. The van der Waals surface area contributed by atoms with Crippen molar-refractivity contribution in [3.63, 3.8) is 0 Å². The molecule has 0 aromatic carbocycles. The second-order valence-corrected chi connectivity index (χ2v) is 6.51. The first-order valence-corrected chi connectivity index (χ1v) is 8.28. The fraction of sp³-hybridized carbons (Fsp3) is 0.438. The average Bonchev–Trinajstić information content (AvgIpc) is 3.20. The number of nitrogens with zero attached hydrogens (tertiary/aromatic N) is 5. The fourth-order valence-corrected chi connectivity index (χ4v) is 3.10. The van der Waals surface area contributed by atoms with E-state index in [1.54, 1.807) is 19.9 Å². The van der Waals surface area contributed by atoms with Crippen molar-refractivity contribution >= 4 is 17.8 Å². The number of hydrogen-bond donors (Lipinski definition) is 2. The molecular formula is C16H17F3N6O3. The average molecular weight is 398 g/mol. The van der Waals surface area contributed by atoms with Gasteiger partial charge in [0.15, 0.2) is 0 Å². The van der Waals surface area contributed by atoms with Crippen LogP contribution in [-0.4, -0.2) is 61.0 Å². The molecule has 2 aromatic rings. The molecule has 12 heteroatoms. The zero-order valence-electron chi connectivity index (χ0n) is 14.9. The minimum Gasteiger partial charge on any atom is -0.481 e. The van der Waals surface area contributed by atoms with E-state index in [2.05, 4.69) is 20.4 Å². The summed E-state index contributed by atoms with van der Waals surface area (Å²) in [6.45, 7) is 2.24. The first-order valence-electron chi connectivity index (χ1n) is 8.28. The number of likely N-dealkylation sites (tertiary alicyclic amines) is 1. The van der Waals surface area contributed by atoms with E-state index >= 15 is 0 Å². The van der Waals surface area contributed by atoms with E-state index in [4.69, 9.17) is 5.11 Å². The molecule has 2 aromatic heterocycles. The predicted octanol–water partition coefficient (Wildman–Crippen LogP) is 2.01. The van der Waals surface area contributed by atoms with Gasteiger partial charge in [0.2, 0.25) is 0 Å². The number of anilines is 1. The SMILES string of the molecule is Cc1cc(C)nc(-n2nccc2NC(=O)N2C[C@@H](C(F)(F)F)[C@H](C(=O)O)C2)n1. The summed E-state index contributed by atoms with van der Waals surface area (Å²) in [5.41, 5.74) is 1.35. The number of nitrogens with one attached hydrogen (secondary N) is 1. The van der Waals surface area contributed by atoms with Gasteiger partial charge in [-0.15, -0.1) is 0 Å². The fourth-order valence-electron chi connectivity index (χ4n) is 3.10. The smallest absolute Gasteiger partial charge is 0.394 e. The first kappa shape index (κ1) is 19.6. The van der Waals surface area contributed by atoms with E-state index in [1.165, 1.54) is 16.9 Å². The molecule has 0 bridgehead atoms. The largest absolute Gasteiger partial charge is 0.481 e. The van der Waals surface area contributed by atoms with Crippen molar-refractivity contribution in [2.24, 2.45) is 11.8 Å². The molecule has 1 aliphatic heterocycles. The second-order valence-electron chi connectivity index (χ2n) is 6.51. The molecule has 3 heterocycles. The molecule has 3 rings (SSSR count). The monoisotopic (exact) mass is 398 g/mol. The van der Waals surface area contributed by atoms with Crippen LogP contribution in [0.15, 0.2) is 18.3 Å². The van der Waals surface area contributed by atoms with E-state index in [9.17, 15) is 22.8 Å². The van der Waals surface area contributed by atoms with E-state index in [0.29, 0.717) is 11.4 Å². The summed E-state index contributed by atoms with van der Waals surface area (Å²) in [6.07, 6.45) is -3.34. The Labute approximate surface area is 157 Å². The van der Waals surface area contributed by atoms with Crippen molar-refractivity contribution in [1.82, 2.24) is 24.6 Å². The molecule has 2 amide bonds. The molecule has 0 saturated carbocycles. The van der Waals surface area contributed by atoms with Gasteiger partial charge in [0.1, 0.15) is 5.82 Å². The maximum Gasteiger partial charge on any atom is 0.394 e. The Morgan fingerprint density at radius 1 is 1.21 bits per heavy atom. The van der Waals surface area contributed by atoms with Crippen LogP contribution >= 0.6 is 0 Å². The highest BCUT2D eigenvalue weighted by Gasteiger charge is 2.53. The molecule has 2 atom stereocenters. The Kier molecular flexibility index (Phi) is 4.96. The summed E-state index contributed by atoms with van der Waals surface area (Å²) in [7, 11) is 0. The van der Waals surface area contributed by atoms with Gasteiger partial charge < -0.3 is 10.0 Å². The third-order valence-electron chi connectivity index (χ3n) is 4.38. The van der Waals surface area contributed by atoms with Crippen LogP contribution in [-0.2, 0) is 4.79 Å². The van der Waals surface area contributed by atoms with E-state index < -0.39 is 43.1 Å². The third-order valence-corrected chi connectivity index (χ3v) is 4.38. The molecule has 1 saturated heterocycles. The van der Waals surface area contributed by atoms with Crippen molar-refractivity contribution in [3.05, 3.63) is 29.7 Å². The molecule has 0 spiro atoms. The molecule has 28 heavy (non-hydrogen) atoms. The summed E-state index contributed by atoms with van der Waals surface area (Å²) >= 11 is 0. The molecule has 0 unspecified atom stereocenters. The van der Waals surface area contributed by atoms with Gasteiger partial charge in [-0.25, -0.2) is 14.8 Å². The lowest BCUT2D eigenvalue weighted by atomic mass is 9.96. The number of urea groups is 1. The van der Waals surface area contributed by atoms with Gasteiger partial charge in [-0.2, -0.15) is 23.0 Å². The molecular weight excluding hydrogens is 381 g/mol. The molecule has 1 aliphatic rings. The number of halogens is 3. The number of aryl methyl sites for hydroxylation is 2. The van der Waals surface area contributed by atoms with Crippen LogP contribution in [0.4, 0.5) is 23.8 Å². The second kappa shape index (κ2) is 7.09. The lowest BCUT2D eigenvalue weighted by molar-refractivity contribution is -0.187. The van der Waals surface area contributed by atoms with Crippen molar-refractivity contribution in [2.45, 2.75) is 20.0 Å². The first-order chi connectivity index (χ1) is 13.1. The number of aliphatic carboxylic acids is 1. The summed E-state index contributed by atoms with van der Waals surface area (Å²) in [4.78, 5) is 32.9. The van der Waals surface area contributed by atoms with Crippen LogP contribution in [0.2, 0.25) is 0 Å². The summed E-state index contributed by atoms with van der Waals surface area (Å²) in [6, 6.07) is 2.33. The van der Waals surface area contributed by atoms with Gasteiger partial charge >= 0.3 is 18.2 Å². The Morgan fingerprint density at radius 2 is 1.86 bits per heavy atom. The summed E-state index contributed by atoms with van der Waals surface area (Å²) < 4.78 is 40.5. The zero-order chi connectivity index (χ0) is 20.6. The van der Waals surface area contributed by atoms with Crippen molar-refractivity contribution in [3.8, 4) is 5.95 Å². The van der Waals surface area contributed by atoms with Gasteiger partial charge in [0.25, 0.3) is 5.95 Å². The number of carbonyl (C=O) groups excluding carboxylic acids is 1. The normalized spacial score (nSPS) is 19.7. The number of hydrogen-bond acceptors (Lipinski definition) is 5. The van der Waals surface area contributed by atoms with Crippen LogP contribution in [0.25, 0.3) is 5.95 Å². The van der Waals surface area contributed by atoms with Gasteiger partial charge in [-0.1, -0.05) is 0 Å². The van der Waals surface area contributed by atoms with E-state index in [-0.39, 0.29) is 11.8 Å². The summed E-state index contributed by atoms with van der Waals surface area (Å²) in [5, 5.41) is 15.5. The molecule has 1 fully saturated rings. The summed E-state index contributed by atoms with van der Waals surface area (Å²) in [5.74, 6) is -5.08. The Morgan fingerprint density at radius 3 is 2.39 bits per heavy atom. The highest BCUT2D eigenvalue weighted by molar-refractivity contribution is 5.89. The maximum absolute atomic E-state index is 13.1. The lowest BCUT2D eigenvalue weighted by Crippen LogP contribution is -2.35. The van der Waals surface area contributed by atoms with Gasteiger partial charge in [-0.05, 0) is 19.9 Å². The highest BCUT2D eigenvalue weighted by Crippen LogP contribution is 2.37. The number of aromatic nitrogens is 4. The number of carbonyl (C=O) groups is 2. The van der Waals surface area contributed by atoms with E-state index in [0.717, 1.165) is 4.90 Å². The standard InChI is InChI=1S/C16H17F3N6O3/c1-8-5-9(2)22-14(21-8)25-12(3-4-20-25)23-15(28)24-6-10(13(26)27)11(7-24)16(17,18)19/h3-5,10-11H,6-7H2,1-2H3,(H,23,28)(H,26,27)/t10-,11-/m1/s1. The molecule has 0 radical (unpaired) electrons. The number of rotatable bonds is 3. The van der Waals surface area contributed by atoms with Crippen LogP contribution < -0.4 is 5.32 Å². The van der Waals surface area contributed by atoms with Gasteiger partial charge in [0, 0.05) is 30.5 Å². The number of carboxylic acid groups (broad SMARTS) is 1. The van der Waals surface area contributed by atoms with E-state index in [1.807, 2.05) is 0 Å². The highest BCUT2D eigenvalue weighted by atomic mass is 19.4. The van der Waals surface area contributed by atoms with Crippen LogP contribution in [0.1, 0.15) is 11.4 Å². The molecule has 9 nitrogen and oxygen atoms in total. The van der Waals surface area contributed by atoms with Crippen molar-refractivity contribution < 1.29 is 27.9 Å². The van der Waals surface area contributed by atoms with Gasteiger partial charge in [-0.3, -0.25) is 10.1 Å². The molecule has 0 aliphatic carbocycles. The zero-order valence-corrected chi connectivity index (χ0v) is 14.9. The third kappa shape index (κ3) is 3.89. The van der Waals surface area contributed by atoms with Crippen LogP contribution in [0, 0.1) is 25.7 Å². The maximum atomic E-state index is 13.1. The molecule has 150 valence electrons. The number of amides is 2. The lowest BCUT2D eigenvalue weighted by Gasteiger charge is -2.18. The van der Waals surface area contributed by atoms with Crippen LogP contribution in [0.3, 0.4) is 0 Å². The Hall–Kier alpha value is -3.18. The Balaban J connectivity index is 1.80. The predicted molar refractivity (Wildman–Crippen MR) is 89.9 cm³/mol. The quantitative estimate of drug-likeness (QED) is 0.818. The minimum absolute atomic E-state index is 0.150. The van der Waals surface area contributed by atoms with Gasteiger partial charge in [0.05, 0.1) is 18.0 Å². The minimum atomic E-state index is -4.72. The van der Waals surface area contributed by atoms with Crippen molar-refractivity contribution in [2.75, 3.05) is 18.4 Å². The Bertz CT molecular complexity index is 893. The topological polar surface area (TPSA) is 113 Å². The molecule has 2 N–H and O–H groups in total. The number of alkyl halides is 3. The van der Waals surface area contributed by atoms with Crippen LogP contribution in [0.5, 0.6) is 0 Å². The van der Waals surface area contributed by atoms with Crippen molar-refractivity contribution in [1.29, 1.82) is 0 Å².